The fraction of sp³-hybridized carbons (Fsp3) is 0.120. The lowest BCUT2D eigenvalue weighted by Crippen LogP contribution is -2.19. The molecule has 7 nitrogen and oxygen atoms in total. The minimum Gasteiger partial charge on any atom is -0.497 e. The summed E-state index contributed by atoms with van der Waals surface area (Å²) in [6.07, 6.45) is 0. The van der Waals surface area contributed by atoms with Crippen LogP contribution in [0.25, 0.3) is 0 Å². The molecule has 3 aromatic carbocycles. The number of aryl methyl sites for hydroxylation is 1. The molecule has 0 bridgehead atoms. The van der Waals surface area contributed by atoms with Gasteiger partial charge in [-0.25, -0.2) is 0 Å². The highest BCUT2D eigenvalue weighted by molar-refractivity contribution is 8.00. The lowest BCUT2D eigenvalue weighted by Gasteiger charge is -2.16. The van der Waals surface area contributed by atoms with Gasteiger partial charge in [-0.2, -0.15) is 0 Å². The maximum Gasteiger partial charge on any atom is 0.255 e. The third-order valence-corrected chi connectivity index (χ3v) is 6.82. The van der Waals surface area contributed by atoms with Gasteiger partial charge >= 0.3 is 0 Å². The normalized spacial score (nSPS) is 11.5. The maximum atomic E-state index is 13.1. The number of nitrogens with zero attached hydrogens (tertiary/aromatic N) is 2. The molecule has 0 aliphatic heterocycles. The number of nitrogens with one attached hydrogen (secondary N) is 2. The van der Waals surface area contributed by atoms with Crippen molar-refractivity contribution in [1.82, 2.24) is 10.2 Å². The quantitative estimate of drug-likeness (QED) is 0.313. The third kappa shape index (κ3) is 6.00. The molecule has 0 radical (unpaired) electrons. The second-order valence-electron chi connectivity index (χ2n) is 7.23. The van der Waals surface area contributed by atoms with Crippen LogP contribution in [0.2, 0.25) is 0 Å². The van der Waals surface area contributed by atoms with E-state index in [9.17, 15) is 9.59 Å². The molecule has 0 saturated carbocycles. The van der Waals surface area contributed by atoms with Crippen molar-refractivity contribution in [2.75, 3.05) is 17.7 Å². The molecule has 2 amide bonds. The number of benzene rings is 3. The van der Waals surface area contributed by atoms with Crippen LogP contribution in [0, 0.1) is 6.92 Å². The monoisotopic (exact) mass is 490 g/mol. The SMILES string of the molecule is COc1cccc(C(=O)Nc2ccc(SC(C(=O)Nc3nnc(C)s3)c3ccccc3)cc2)c1. The summed E-state index contributed by atoms with van der Waals surface area (Å²) in [6.45, 7) is 1.84. The largest absolute Gasteiger partial charge is 0.497 e. The zero-order chi connectivity index (χ0) is 23.9. The van der Waals surface area contributed by atoms with Gasteiger partial charge in [0, 0.05) is 16.1 Å². The van der Waals surface area contributed by atoms with E-state index in [0.717, 1.165) is 15.5 Å². The maximum absolute atomic E-state index is 13.1. The highest BCUT2D eigenvalue weighted by Crippen LogP contribution is 2.37. The van der Waals surface area contributed by atoms with Gasteiger partial charge < -0.3 is 10.1 Å². The van der Waals surface area contributed by atoms with Gasteiger partial charge in [0.15, 0.2) is 0 Å². The fourth-order valence-corrected chi connectivity index (χ4v) is 4.76. The Kier molecular flexibility index (Phi) is 7.56. The van der Waals surface area contributed by atoms with Gasteiger partial charge in [-0.05, 0) is 55.0 Å². The summed E-state index contributed by atoms with van der Waals surface area (Å²) >= 11 is 2.75. The minimum absolute atomic E-state index is 0.178. The number of hydrogen-bond donors (Lipinski definition) is 2. The van der Waals surface area contributed by atoms with Crippen LogP contribution in [0.1, 0.15) is 26.2 Å². The van der Waals surface area contributed by atoms with Crippen molar-refractivity contribution in [2.24, 2.45) is 0 Å². The Morgan fingerprint density at radius 2 is 1.71 bits per heavy atom. The van der Waals surface area contributed by atoms with E-state index in [1.54, 1.807) is 31.4 Å². The number of hydrogen-bond acceptors (Lipinski definition) is 7. The van der Waals surface area contributed by atoms with Crippen molar-refractivity contribution in [3.63, 3.8) is 0 Å². The van der Waals surface area contributed by atoms with E-state index in [-0.39, 0.29) is 11.8 Å². The highest BCUT2D eigenvalue weighted by atomic mass is 32.2. The molecule has 0 fully saturated rings. The first-order valence-electron chi connectivity index (χ1n) is 10.4. The molecule has 2 N–H and O–H groups in total. The minimum atomic E-state index is -0.484. The van der Waals surface area contributed by atoms with Crippen LogP contribution in [-0.4, -0.2) is 29.1 Å². The number of thioether (sulfide) groups is 1. The summed E-state index contributed by atoms with van der Waals surface area (Å²) in [4.78, 5) is 26.5. The molecule has 172 valence electrons. The molecule has 1 aromatic heterocycles. The van der Waals surface area contributed by atoms with Crippen molar-refractivity contribution < 1.29 is 14.3 Å². The summed E-state index contributed by atoms with van der Waals surface area (Å²) in [5, 5.41) is 14.5. The van der Waals surface area contributed by atoms with Crippen LogP contribution >= 0.6 is 23.1 Å². The summed E-state index contributed by atoms with van der Waals surface area (Å²) in [6, 6.07) is 23.9. The number of aromatic nitrogens is 2. The van der Waals surface area contributed by atoms with E-state index in [4.69, 9.17) is 4.74 Å². The van der Waals surface area contributed by atoms with Crippen molar-refractivity contribution in [3.8, 4) is 5.75 Å². The molecule has 0 spiro atoms. The van der Waals surface area contributed by atoms with Crippen molar-refractivity contribution in [3.05, 3.63) is 95.0 Å². The Hall–Kier alpha value is -3.69. The van der Waals surface area contributed by atoms with Crippen LogP contribution < -0.4 is 15.4 Å². The fourth-order valence-electron chi connectivity index (χ4n) is 3.14. The Bertz CT molecular complexity index is 1280. The van der Waals surface area contributed by atoms with Gasteiger partial charge in [-0.15, -0.1) is 22.0 Å². The predicted molar refractivity (Wildman–Crippen MR) is 136 cm³/mol. The lowest BCUT2D eigenvalue weighted by molar-refractivity contribution is -0.115. The van der Waals surface area contributed by atoms with E-state index in [1.165, 1.54) is 23.1 Å². The zero-order valence-electron chi connectivity index (χ0n) is 18.5. The Morgan fingerprint density at radius 3 is 2.38 bits per heavy atom. The van der Waals surface area contributed by atoms with E-state index < -0.39 is 5.25 Å². The molecule has 1 unspecified atom stereocenters. The number of amides is 2. The molecule has 34 heavy (non-hydrogen) atoms. The molecule has 0 aliphatic carbocycles. The first kappa shape index (κ1) is 23.5. The lowest BCUT2D eigenvalue weighted by atomic mass is 10.1. The third-order valence-electron chi connectivity index (χ3n) is 4.79. The van der Waals surface area contributed by atoms with E-state index >= 15 is 0 Å². The molecule has 0 aliphatic rings. The van der Waals surface area contributed by atoms with Gasteiger partial charge in [0.05, 0.1) is 7.11 Å². The van der Waals surface area contributed by atoms with E-state index in [2.05, 4.69) is 20.8 Å². The highest BCUT2D eigenvalue weighted by Gasteiger charge is 2.23. The predicted octanol–water partition coefficient (Wildman–Crippen LogP) is 5.58. The van der Waals surface area contributed by atoms with Crippen LogP contribution in [0.5, 0.6) is 5.75 Å². The van der Waals surface area contributed by atoms with Crippen LogP contribution in [0.3, 0.4) is 0 Å². The van der Waals surface area contributed by atoms with Crippen molar-refractivity contribution in [2.45, 2.75) is 17.1 Å². The summed E-state index contributed by atoms with van der Waals surface area (Å²) < 4.78 is 5.18. The molecule has 4 rings (SSSR count). The van der Waals surface area contributed by atoms with E-state index in [1.807, 2.05) is 61.5 Å². The van der Waals surface area contributed by atoms with Crippen molar-refractivity contribution in [1.29, 1.82) is 0 Å². The summed E-state index contributed by atoms with van der Waals surface area (Å²) in [7, 11) is 1.56. The number of carbonyl (C=O) groups excluding carboxylic acids is 2. The van der Waals surface area contributed by atoms with Crippen molar-refractivity contribution >= 4 is 45.7 Å². The average molecular weight is 491 g/mol. The second kappa shape index (κ2) is 11.0. The number of anilines is 2. The Balaban J connectivity index is 1.47. The standard InChI is InChI=1S/C25H22N4O3S2/c1-16-28-29-25(33-16)27-24(31)22(17-7-4-3-5-8-17)34-21-13-11-19(12-14-21)26-23(30)18-9-6-10-20(15-18)32-2/h3-15,22H,1-2H3,(H,26,30)(H,27,29,31). The van der Waals surface area contributed by atoms with Crippen LogP contribution in [0.15, 0.2) is 83.8 Å². The van der Waals surface area contributed by atoms with Gasteiger partial charge in [-0.1, -0.05) is 47.7 Å². The smallest absolute Gasteiger partial charge is 0.255 e. The number of rotatable bonds is 8. The first-order chi connectivity index (χ1) is 16.5. The van der Waals surface area contributed by atoms with Gasteiger partial charge in [0.25, 0.3) is 5.91 Å². The van der Waals surface area contributed by atoms with Crippen LogP contribution in [-0.2, 0) is 4.79 Å². The molecular formula is C25H22N4O3S2. The topological polar surface area (TPSA) is 93.2 Å². The Morgan fingerprint density at radius 1 is 0.941 bits per heavy atom. The molecule has 0 saturated heterocycles. The first-order valence-corrected chi connectivity index (χ1v) is 12.1. The van der Waals surface area contributed by atoms with E-state index in [0.29, 0.717) is 22.1 Å². The molecule has 9 heteroatoms. The number of methoxy groups -OCH3 is 1. The molecular weight excluding hydrogens is 468 g/mol. The number of carbonyl (C=O) groups is 2. The number of ether oxygens (including phenoxy) is 1. The zero-order valence-corrected chi connectivity index (χ0v) is 20.2. The molecule has 1 heterocycles. The second-order valence-corrected chi connectivity index (χ2v) is 9.59. The van der Waals surface area contributed by atoms with Gasteiger partial charge in [0.1, 0.15) is 16.0 Å². The molecule has 1 atom stereocenters. The average Bonchev–Trinajstić information content (AvgIpc) is 3.28. The summed E-state index contributed by atoms with van der Waals surface area (Å²) in [5.74, 6) is 0.212. The molecule has 4 aromatic rings. The van der Waals surface area contributed by atoms with Gasteiger partial charge in [-0.3, -0.25) is 14.9 Å². The Labute approximate surface area is 205 Å². The summed E-state index contributed by atoms with van der Waals surface area (Å²) in [5.41, 5.74) is 2.04. The van der Waals surface area contributed by atoms with Gasteiger partial charge in [0.2, 0.25) is 11.0 Å². The van der Waals surface area contributed by atoms with Crippen LogP contribution in [0.4, 0.5) is 10.8 Å².